The van der Waals surface area contributed by atoms with E-state index < -0.39 is 6.09 Å². The predicted molar refractivity (Wildman–Crippen MR) is 90.6 cm³/mol. The number of amides is 1. The number of nitrogens with one attached hydrogen (secondary N) is 1. The van der Waals surface area contributed by atoms with Crippen molar-refractivity contribution in [3.63, 3.8) is 0 Å². The molecule has 1 amide bonds. The van der Waals surface area contributed by atoms with Crippen molar-refractivity contribution in [1.29, 1.82) is 0 Å². The first kappa shape index (κ1) is 15.9. The highest BCUT2D eigenvalue weighted by Gasteiger charge is 2.37. The van der Waals surface area contributed by atoms with Gasteiger partial charge in [-0.1, -0.05) is 18.3 Å². The fourth-order valence-electron chi connectivity index (χ4n) is 2.16. The predicted octanol–water partition coefficient (Wildman–Crippen LogP) is 3.23. The van der Waals surface area contributed by atoms with Crippen molar-refractivity contribution in [2.75, 3.05) is 22.2 Å². The van der Waals surface area contributed by atoms with Gasteiger partial charge < -0.3 is 15.2 Å². The van der Waals surface area contributed by atoms with Gasteiger partial charge in [-0.15, -0.1) is 0 Å². The molecule has 0 unspecified atom stereocenters. The van der Waals surface area contributed by atoms with Crippen molar-refractivity contribution in [3.8, 4) is 5.75 Å². The van der Waals surface area contributed by atoms with Crippen molar-refractivity contribution in [1.82, 2.24) is 0 Å². The molecular formula is C14H18N2O3S2. The monoisotopic (exact) mass is 326 g/mol. The summed E-state index contributed by atoms with van der Waals surface area (Å²) in [5.74, 6) is 0.640. The molecule has 0 saturated heterocycles. The first-order chi connectivity index (χ1) is 9.95. The van der Waals surface area contributed by atoms with Gasteiger partial charge in [0.2, 0.25) is 0 Å². The summed E-state index contributed by atoms with van der Waals surface area (Å²) >= 11 is 6.94. The highest BCUT2D eigenvalue weighted by molar-refractivity contribution is 7.98. The zero-order valence-electron chi connectivity index (χ0n) is 12.1. The van der Waals surface area contributed by atoms with Crippen LogP contribution >= 0.6 is 24.0 Å². The van der Waals surface area contributed by atoms with Gasteiger partial charge in [-0.3, -0.25) is 4.90 Å². The van der Waals surface area contributed by atoms with Crippen LogP contribution < -0.4 is 10.2 Å². The fourth-order valence-corrected chi connectivity index (χ4v) is 3.20. The number of anilines is 2. The Hall–Kier alpha value is -1.47. The quantitative estimate of drug-likeness (QED) is 0.832. The molecule has 114 valence electrons. The number of benzene rings is 1. The molecule has 5 nitrogen and oxygen atoms in total. The maximum atomic E-state index is 12.5. The van der Waals surface area contributed by atoms with E-state index in [1.54, 1.807) is 43.8 Å². The maximum absolute atomic E-state index is 12.5. The molecule has 0 aromatic heterocycles. The first-order valence-corrected chi connectivity index (χ1v) is 8.37. The summed E-state index contributed by atoms with van der Waals surface area (Å²) in [6.45, 7) is 3.57. The smallest absolute Gasteiger partial charge is 0.415 e. The number of carbonyl (C=O) groups excluding carboxylic acids is 1. The molecule has 0 saturated carbocycles. The molecule has 2 rings (SSSR count). The molecule has 7 heteroatoms. The van der Waals surface area contributed by atoms with E-state index in [9.17, 15) is 9.90 Å². The number of thiocarbonyl (C=S) groups is 1. The van der Waals surface area contributed by atoms with E-state index in [1.807, 2.05) is 6.26 Å². The molecule has 1 aliphatic rings. The minimum absolute atomic E-state index is 0.0225. The Bertz CT molecular complexity index is 563. The topological polar surface area (TPSA) is 61.8 Å². The normalized spacial score (nSPS) is 17.4. The second-order valence-corrected chi connectivity index (χ2v) is 6.29. The van der Waals surface area contributed by atoms with Crippen LogP contribution in [-0.2, 0) is 4.74 Å². The minimum atomic E-state index is -0.504. The van der Waals surface area contributed by atoms with Gasteiger partial charge in [-0.05, 0) is 32.2 Å². The summed E-state index contributed by atoms with van der Waals surface area (Å²) < 4.78 is 5.31. The van der Waals surface area contributed by atoms with Crippen LogP contribution in [0.1, 0.15) is 13.8 Å². The van der Waals surface area contributed by atoms with Crippen LogP contribution in [0.4, 0.5) is 16.2 Å². The van der Waals surface area contributed by atoms with Gasteiger partial charge in [0, 0.05) is 5.75 Å². The Morgan fingerprint density at radius 1 is 1.57 bits per heavy atom. The largest absolute Gasteiger partial charge is 0.506 e. The Labute approximate surface area is 133 Å². The molecule has 0 bridgehead atoms. The van der Waals surface area contributed by atoms with Crippen molar-refractivity contribution in [2.45, 2.75) is 26.0 Å². The number of para-hydroxylation sites is 1. The van der Waals surface area contributed by atoms with Crippen LogP contribution in [0.2, 0.25) is 0 Å². The Morgan fingerprint density at radius 3 is 2.90 bits per heavy atom. The molecule has 1 heterocycles. The first-order valence-electron chi connectivity index (χ1n) is 6.57. The maximum Gasteiger partial charge on any atom is 0.415 e. The third-order valence-electron chi connectivity index (χ3n) is 2.99. The third-order valence-corrected chi connectivity index (χ3v) is 4.01. The number of thioether (sulfide) groups is 1. The Kier molecular flexibility index (Phi) is 4.95. The average molecular weight is 326 g/mol. The zero-order valence-corrected chi connectivity index (χ0v) is 13.8. The van der Waals surface area contributed by atoms with E-state index in [2.05, 4.69) is 5.32 Å². The fraction of sp³-hybridized carbons (Fsp3) is 0.429. The van der Waals surface area contributed by atoms with Crippen LogP contribution in [0.15, 0.2) is 18.2 Å². The molecule has 1 atom stereocenters. The lowest BCUT2D eigenvalue weighted by atomic mass is 10.1. The average Bonchev–Trinajstić information content (AvgIpc) is 2.39. The summed E-state index contributed by atoms with van der Waals surface area (Å²) in [7, 11) is 0. The number of rotatable bonds is 3. The van der Waals surface area contributed by atoms with Crippen molar-refractivity contribution in [3.05, 3.63) is 18.2 Å². The minimum Gasteiger partial charge on any atom is -0.506 e. The molecule has 0 radical (unpaired) electrons. The summed E-state index contributed by atoms with van der Waals surface area (Å²) in [4.78, 5) is 14.4. The third kappa shape index (κ3) is 3.24. The van der Waals surface area contributed by atoms with Crippen LogP contribution in [0.25, 0.3) is 0 Å². The van der Waals surface area contributed by atoms with E-state index in [0.29, 0.717) is 22.1 Å². The van der Waals surface area contributed by atoms with Gasteiger partial charge in [-0.25, -0.2) is 4.79 Å². The zero-order chi connectivity index (χ0) is 15.6. The SMILES string of the molecule is CSC[C@H]1C(=S)Nc2cccc(O)c2N1C(=O)OC(C)C. The summed E-state index contributed by atoms with van der Waals surface area (Å²) in [5.41, 5.74) is 1.02. The van der Waals surface area contributed by atoms with Crippen LogP contribution in [0.3, 0.4) is 0 Å². The van der Waals surface area contributed by atoms with Gasteiger partial charge in [0.1, 0.15) is 16.4 Å². The highest BCUT2D eigenvalue weighted by Crippen LogP contribution is 2.40. The number of hydrogen-bond donors (Lipinski definition) is 2. The standard InChI is InChI=1S/C14H18N2O3S2/c1-8(2)19-14(18)16-10(7-21-3)13(20)15-9-5-4-6-11(17)12(9)16/h4-6,8,10,17H,7H2,1-3H3,(H,15,20)/t10-/m0/s1. The number of carbonyl (C=O) groups is 1. The van der Waals surface area contributed by atoms with Crippen LogP contribution in [0, 0.1) is 0 Å². The highest BCUT2D eigenvalue weighted by atomic mass is 32.2. The number of phenols is 1. The van der Waals surface area contributed by atoms with Crippen molar-refractivity contribution in [2.24, 2.45) is 0 Å². The second-order valence-electron chi connectivity index (χ2n) is 4.94. The number of phenolic OH excluding ortho intramolecular Hbond substituents is 1. The van der Waals surface area contributed by atoms with Gasteiger partial charge in [0.15, 0.2) is 0 Å². The summed E-state index contributed by atoms with van der Waals surface area (Å²) in [6.07, 6.45) is 1.19. The number of fused-ring (bicyclic) bond motifs is 1. The van der Waals surface area contributed by atoms with E-state index in [-0.39, 0.29) is 17.9 Å². The molecule has 0 spiro atoms. The number of hydrogen-bond acceptors (Lipinski definition) is 5. The molecule has 1 aromatic rings. The lowest BCUT2D eigenvalue weighted by Crippen LogP contribution is -2.52. The Balaban J connectivity index is 2.48. The van der Waals surface area contributed by atoms with Crippen molar-refractivity contribution < 1.29 is 14.6 Å². The van der Waals surface area contributed by atoms with Gasteiger partial charge in [-0.2, -0.15) is 11.8 Å². The van der Waals surface area contributed by atoms with Crippen LogP contribution in [0.5, 0.6) is 5.75 Å². The van der Waals surface area contributed by atoms with Crippen LogP contribution in [-0.4, -0.2) is 40.3 Å². The summed E-state index contributed by atoms with van der Waals surface area (Å²) in [5, 5.41) is 13.2. The molecule has 21 heavy (non-hydrogen) atoms. The second kappa shape index (κ2) is 6.53. The lowest BCUT2D eigenvalue weighted by Gasteiger charge is -2.37. The van der Waals surface area contributed by atoms with Gasteiger partial charge in [0.25, 0.3) is 0 Å². The molecule has 0 aliphatic carbocycles. The molecule has 0 fully saturated rings. The number of nitrogens with zero attached hydrogens (tertiary/aromatic N) is 1. The molecular weight excluding hydrogens is 308 g/mol. The number of aromatic hydroxyl groups is 1. The molecule has 2 N–H and O–H groups in total. The van der Waals surface area contributed by atoms with E-state index >= 15 is 0 Å². The molecule has 1 aliphatic heterocycles. The lowest BCUT2D eigenvalue weighted by molar-refractivity contribution is 0.122. The van der Waals surface area contributed by atoms with E-state index in [1.165, 1.54) is 4.90 Å². The van der Waals surface area contributed by atoms with Crippen molar-refractivity contribution >= 4 is 46.4 Å². The van der Waals surface area contributed by atoms with E-state index in [0.717, 1.165) is 0 Å². The van der Waals surface area contributed by atoms with Gasteiger partial charge >= 0.3 is 6.09 Å². The van der Waals surface area contributed by atoms with E-state index in [4.69, 9.17) is 17.0 Å². The van der Waals surface area contributed by atoms with Gasteiger partial charge in [0.05, 0.1) is 17.8 Å². The Morgan fingerprint density at radius 2 is 2.29 bits per heavy atom. The number of ether oxygens (including phenoxy) is 1. The molecule has 1 aromatic carbocycles. The summed E-state index contributed by atoms with van der Waals surface area (Å²) in [6, 6.07) is 4.67.